The minimum atomic E-state index is 0.356. The number of likely N-dealkylation sites (N-methyl/N-ethyl adjacent to an activating group) is 1. The lowest BCUT2D eigenvalue weighted by Crippen LogP contribution is -2.46. The summed E-state index contributed by atoms with van der Waals surface area (Å²) in [4.78, 5) is 7.33. The Morgan fingerprint density at radius 2 is 1.92 bits per heavy atom. The molecule has 0 aromatic heterocycles. The van der Waals surface area contributed by atoms with Crippen molar-refractivity contribution in [1.29, 1.82) is 0 Å². The van der Waals surface area contributed by atoms with Crippen molar-refractivity contribution >= 4 is 5.96 Å². The maximum Gasteiger partial charge on any atom is 0.191 e. The summed E-state index contributed by atoms with van der Waals surface area (Å²) in [5, 5.41) is 7.03. The molecule has 2 aliphatic rings. The van der Waals surface area contributed by atoms with Crippen LogP contribution in [-0.4, -0.2) is 63.8 Å². The summed E-state index contributed by atoms with van der Waals surface area (Å²) in [7, 11) is 4.38. The first-order valence-electron chi connectivity index (χ1n) is 10.4. The van der Waals surface area contributed by atoms with Gasteiger partial charge in [0.05, 0.1) is 0 Å². The molecule has 2 saturated carbocycles. The maximum absolute atomic E-state index is 5.63. The SMILES string of the molecule is CCNC(=NCC1(CCOCC)CCCC1)NCC(C1CC1)N(C)C. The highest BCUT2D eigenvalue weighted by Crippen LogP contribution is 2.41. The standard InChI is InChI=1S/C20H40N4O/c1-5-21-19(22-15-18(24(3)4)17-9-10-17)23-16-20(11-7-8-12-20)13-14-25-6-2/h17-18H,5-16H2,1-4H3,(H2,21,22,23). The van der Waals surface area contributed by atoms with Crippen LogP contribution in [0.15, 0.2) is 4.99 Å². The van der Waals surface area contributed by atoms with Crippen molar-refractivity contribution in [3.8, 4) is 0 Å². The van der Waals surface area contributed by atoms with Gasteiger partial charge in [-0.15, -0.1) is 0 Å². The number of nitrogens with one attached hydrogen (secondary N) is 2. The normalized spacial score (nSPS) is 21.6. The molecule has 5 nitrogen and oxygen atoms in total. The van der Waals surface area contributed by atoms with Crippen LogP contribution in [0.5, 0.6) is 0 Å². The second-order valence-electron chi connectivity index (χ2n) is 8.10. The van der Waals surface area contributed by atoms with E-state index in [2.05, 4.69) is 43.5 Å². The highest BCUT2D eigenvalue weighted by molar-refractivity contribution is 5.79. The van der Waals surface area contributed by atoms with Gasteiger partial charge in [-0.3, -0.25) is 4.99 Å². The average molecular weight is 353 g/mol. The molecule has 1 atom stereocenters. The van der Waals surface area contributed by atoms with E-state index in [-0.39, 0.29) is 0 Å². The van der Waals surface area contributed by atoms with Gasteiger partial charge in [0.15, 0.2) is 5.96 Å². The first kappa shape index (κ1) is 20.5. The molecule has 0 aromatic carbocycles. The van der Waals surface area contributed by atoms with Gasteiger partial charge in [0.2, 0.25) is 0 Å². The van der Waals surface area contributed by atoms with Gasteiger partial charge >= 0.3 is 0 Å². The molecule has 0 heterocycles. The largest absolute Gasteiger partial charge is 0.382 e. The van der Waals surface area contributed by atoms with Crippen LogP contribution in [0.25, 0.3) is 0 Å². The molecular weight excluding hydrogens is 312 g/mol. The summed E-state index contributed by atoms with van der Waals surface area (Å²) in [5.41, 5.74) is 0.356. The Labute approximate surface area is 155 Å². The fourth-order valence-electron chi connectivity index (χ4n) is 4.09. The van der Waals surface area contributed by atoms with Gasteiger partial charge in [-0.2, -0.15) is 0 Å². The molecule has 2 N–H and O–H groups in total. The zero-order valence-corrected chi connectivity index (χ0v) is 16.9. The molecule has 0 bridgehead atoms. The van der Waals surface area contributed by atoms with Gasteiger partial charge in [0, 0.05) is 38.9 Å². The second kappa shape index (κ2) is 10.4. The predicted molar refractivity (Wildman–Crippen MR) is 106 cm³/mol. The first-order valence-corrected chi connectivity index (χ1v) is 10.4. The third-order valence-corrected chi connectivity index (χ3v) is 5.87. The van der Waals surface area contributed by atoms with Crippen molar-refractivity contribution in [2.45, 2.75) is 64.8 Å². The maximum atomic E-state index is 5.63. The molecule has 2 fully saturated rings. The Kier molecular flexibility index (Phi) is 8.50. The minimum Gasteiger partial charge on any atom is -0.382 e. The van der Waals surface area contributed by atoms with Crippen LogP contribution in [-0.2, 0) is 4.74 Å². The van der Waals surface area contributed by atoms with E-state index in [0.29, 0.717) is 11.5 Å². The summed E-state index contributed by atoms with van der Waals surface area (Å²) in [6.07, 6.45) is 9.17. The molecule has 2 aliphatic carbocycles. The first-order chi connectivity index (χ1) is 12.1. The van der Waals surface area contributed by atoms with Gasteiger partial charge in [0.1, 0.15) is 0 Å². The molecule has 0 spiro atoms. The minimum absolute atomic E-state index is 0.356. The zero-order chi connectivity index (χ0) is 18.1. The van der Waals surface area contributed by atoms with Crippen LogP contribution >= 0.6 is 0 Å². The monoisotopic (exact) mass is 352 g/mol. The van der Waals surface area contributed by atoms with Gasteiger partial charge < -0.3 is 20.3 Å². The van der Waals surface area contributed by atoms with Crippen LogP contribution < -0.4 is 10.6 Å². The fourth-order valence-corrected chi connectivity index (χ4v) is 4.09. The van der Waals surface area contributed by atoms with Crippen molar-refractivity contribution in [2.24, 2.45) is 16.3 Å². The van der Waals surface area contributed by atoms with Crippen LogP contribution in [0.3, 0.4) is 0 Å². The highest BCUT2D eigenvalue weighted by Gasteiger charge is 2.34. The number of aliphatic imine (C=N–C) groups is 1. The van der Waals surface area contributed by atoms with E-state index >= 15 is 0 Å². The van der Waals surface area contributed by atoms with Gasteiger partial charge in [0.25, 0.3) is 0 Å². The molecule has 146 valence electrons. The number of ether oxygens (including phenoxy) is 1. The summed E-state index contributed by atoms with van der Waals surface area (Å²) in [6, 6.07) is 0.613. The van der Waals surface area contributed by atoms with Crippen LogP contribution in [0.4, 0.5) is 0 Å². The Balaban J connectivity index is 1.89. The van der Waals surface area contributed by atoms with Gasteiger partial charge in [-0.05, 0) is 71.4 Å². The summed E-state index contributed by atoms with van der Waals surface area (Å²) >= 11 is 0. The van der Waals surface area contributed by atoms with E-state index in [4.69, 9.17) is 9.73 Å². The Bertz CT molecular complexity index is 399. The summed E-state index contributed by atoms with van der Waals surface area (Å²) in [5.74, 6) is 1.84. The Morgan fingerprint density at radius 3 is 2.48 bits per heavy atom. The lowest BCUT2D eigenvalue weighted by molar-refractivity contribution is 0.107. The third kappa shape index (κ3) is 6.78. The van der Waals surface area contributed by atoms with E-state index in [1.807, 2.05) is 0 Å². The Hall–Kier alpha value is -0.810. The lowest BCUT2D eigenvalue weighted by atomic mass is 9.83. The molecule has 0 aliphatic heterocycles. The molecule has 0 aromatic rings. The van der Waals surface area contributed by atoms with Gasteiger partial charge in [-0.1, -0.05) is 12.8 Å². The molecule has 1 unspecified atom stereocenters. The smallest absolute Gasteiger partial charge is 0.191 e. The summed E-state index contributed by atoms with van der Waals surface area (Å²) < 4.78 is 5.63. The van der Waals surface area contributed by atoms with Crippen LogP contribution in [0.1, 0.15) is 58.8 Å². The molecule has 25 heavy (non-hydrogen) atoms. The third-order valence-electron chi connectivity index (χ3n) is 5.87. The quantitative estimate of drug-likeness (QED) is 0.341. The predicted octanol–water partition coefficient (Wildman–Crippen LogP) is 2.87. The molecule has 0 radical (unpaired) electrons. The lowest BCUT2D eigenvalue weighted by Gasteiger charge is -2.28. The number of nitrogens with zero attached hydrogens (tertiary/aromatic N) is 2. The van der Waals surface area contributed by atoms with Crippen LogP contribution in [0.2, 0.25) is 0 Å². The van der Waals surface area contributed by atoms with Gasteiger partial charge in [-0.25, -0.2) is 0 Å². The van der Waals surface area contributed by atoms with Crippen molar-refractivity contribution in [2.75, 3.05) is 46.9 Å². The average Bonchev–Trinajstić information content (AvgIpc) is 3.31. The topological polar surface area (TPSA) is 48.9 Å². The molecule has 0 saturated heterocycles. The van der Waals surface area contributed by atoms with Crippen molar-refractivity contribution in [1.82, 2.24) is 15.5 Å². The fraction of sp³-hybridized carbons (Fsp3) is 0.950. The van der Waals surface area contributed by atoms with Crippen molar-refractivity contribution < 1.29 is 4.74 Å². The number of rotatable bonds is 11. The zero-order valence-electron chi connectivity index (χ0n) is 16.9. The van der Waals surface area contributed by atoms with Crippen molar-refractivity contribution in [3.05, 3.63) is 0 Å². The van der Waals surface area contributed by atoms with E-state index < -0.39 is 0 Å². The van der Waals surface area contributed by atoms with E-state index in [0.717, 1.165) is 51.1 Å². The van der Waals surface area contributed by atoms with Crippen molar-refractivity contribution in [3.63, 3.8) is 0 Å². The van der Waals surface area contributed by atoms with E-state index in [1.54, 1.807) is 0 Å². The Morgan fingerprint density at radius 1 is 1.20 bits per heavy atom. The molecule has 2 rings (SSSR count). The second-order valence-corrected chi connectivity index (χ2v) is 8.10. The molecule has 0 amide bonds. The number of hydrogen-bond donors (Lipinski definition) is 2. The van der Waals surface area contributed by atoms with E-state index in [1.165, 1.54) is 38.5 Å². The van der Waals surface area contributed by atoms with E-state index in [9.17, 15) is 0 Å². The molecule has 5 heteroatoms. The number of guanidine groups is 1. The number of hydrogen-bond acceptors (Lipinski definition) is 3. The summed E-state index contributed by atoms with van der Waals surface area (Å²) in [6.45, 7) is 8.72. The van der Waals surface area contributed by atoms with Crippen LogP contribution in [0, 0.1) is 11.3 Å². The molecular formula is C20H40N4O. The highest BCUT2D eigenvalue weighted by atomic mass is 16.5.